The van der Waals surface area contributed by atoms with Crippen LogP contribution < -0.4 is 0 Å². The van der Waals surface area contributed by atoms with Crippen LogP contribution in [0.2, 0.25) is 0 Å². The van der Waals surface area contributed by atoms with E-state index in [4.69, 9.17) is 34.8 Å². The number of nitrogens with zero attached hydrogens (tertiary/aromatic N) is 1. The zero-order valence-electron chi connectivity index (χ0n) is 4.07. The molecule has 0 spiro atoms. The van der Waals surface area contributed by atoms with E-state index in [1.807, 2.05) is 0 Å². The number of thiazole rings is 1. The summed E-state index contributed by atoms with van der Waals surface area (Å²) in [5, 5.41) is 1.65. The molecule has 1 heterocycles. The highest BCUT2D eigenvalue weighted by atomic mass is 35.6. The van der Waals surface area contributed by atoms with Gasteiger partial charge in [0.15, 0.2) is 5.51 Å². The number of hydrogen-bond acceptors (Lipinski definition) is 2. The van der Waals surface area contributed by atoms with E-state index in [0.717, 1.165) is 0 Å². The lowest BCUT2D eigenvalue weighted by Crippen LogP contribution is -1.98. The predicted molar refractivity (Wildman–Crippen MR) is 40.2 cm³/mol. The fraction of sp³-hybridized carbons (Fsp3) is 0.250. The second kappa shape index (κ2) is 2.62. The second-order valence-corrected chi connectivity index (χ2v) is 4.26. The fourth-order valence-electron chi connectivity index (χ4n) is 0.314. The number of halogens is 3. The van der Waals surface area contributed by atoms with Crippen molar-refractivity contribution in [3.05, 3.63) is 16.6 Å². The van der Waals surface area contributed by atoms with Gasteiger partial charge in [-0.1, -0.05) is 34.8 Å². The van der Waals surface area contributed by atoms with Crippen molar-refractivity contribution < 1.29 is 0 Å². The van der Waals surface area contributed by atoms with Crippen LogP contribution in [0.15, 0.2) is 5.38 Å². The van der Waals surface area contributed by atoms with E-state index in [1.165, 1.54) is 11.3 Å². The molecule has 0 amide bonds. The number of aromatic nitrogens is 1. The third-order valence-corrected chi connectivity index (χ3v) is 1.80. The largest absolute Gasteiger partial charge is 0.234 e. The van der Waals surface area contributed by atoms with Gasteiger partial charge in [-0.25, -0.2) is 4.98 Å². The van der Waals surface area contributed by atoms with Gasteiger partial charge >= 0.3 is 0 Å². The van der Waals surface area contributed by atoms with Crippen molar-refractivity contribution in [3.8, 4) is 0 Å². The van der Waals surface area contributed by atoms with Gasteiger partial charge < -0.3 is 0 Å². The number of rotatable bonds is 0. The van der Waals surface area contributed by atoms with Crippen molar-refractivity contribution in [2.45, 2.75) is 3.79 Å². The van der Waals surface area contributed by atoms with Crippen LogP contribution >= 0.6 is 46.1 Å². The van der Waals surface area contributed by atoms with Crippen molar-refractivity contribution in [1.29, 1.82) is 0 Å². The van der Waals surface area contributed by atoms with Crippen LogP contribution in [-0.4, -0.2) is 4.98 Å². The maximum atomic E-state index is 5.45. The van der Waals surface area contributed by atoms with Crippen LogP contribution in [0.4, 0.5) is 0 Å². The molecular formula is C4HCl3NS. The van der Waals surface area contributed by atoms with E-state index in [0.29, 0.717) is 5.69 Å². The third-order valence-electron chi connectivity index (χ3n) is 0.680. The summed E-state index contributed by atoms with van der Waals surface area (Å²) < 4.78 is -1.39. The predicted octanol–water partition coefficient (Wildman–Crippen LogP) is 2.77. The molecule has 9 heavy (non-hydrogen) atoms. The summed E-state index contributed by atoms with van der Waals surface area (Å²) in [5.74, 6) is 0. The molecule has 1 rings (SSSR count). The first kappa shape index (κ1) is 7.61. The van der Waals surface area contributed by atoms with Crippen LogP contribution in [0.25, 0.3) is 0 Å². The van der Waals surface area contributed by atoms with E-state index in [1.54, 1.807) is 5.38 Å². The molecule has 5 heteroatoms. The Morgan fingerprint density at radius 3 is 2.44 bits per heavy atom. The first-order valence-electron chi connectivity index (χ1n) is 1.99. The first-order chi connectivity index (χ1) is 4.11. The molecule has 0 aliphatic carbocycles. The molecule has 0 aliphatic rings. The molecule has 0 unspecified atom stereocenters. The summed E-state index contributed by atoms with van der Waals surface area (Å²) in [6, 6.07) is 0. The molecule has 0 atom stereocenters. The minimum Gasteiger partial charge on any atom is -0.234 e. The molecule has 0 aromatic carbocycles. The van der Waals surface area contributed by atoms with Crippen molar-refractivity contribution >= 4 is 46.1 Å². The lowest BCUT2D eigenvalue weighted by Gasteiger charge is -2.04. The van der Waals surface area contributed by atoms with Crippen molar-refractivity contribution in [3.63, 3.8) is 0 Å². The standard InChI is InChI=1S/C4HCl3NS/c5-4(6,7)3-1-9-2-8-3/h1H. The van der Waals surface area contributed by atoms with Crippen molar-refractivity contribution in [1.82, 2.24) is 4.98 Å². The van der Waals surface area contributed by atoms with Gasteiger partial charge in [0.05, 0.1) is 0 Å². The SMILES string of the molecule is ClC(Cl)(Cl)c1cs[c]n1. The van der Waals surface area contributed by atoms with Gasteiger partial charge in [-0.3, -0.25) is 0 Å². The van der Waals surface area contributed by atoms with Gasteiger partial charge in [-0.05, 0) is 0 Å². The van der Waals surface area contributed by atoms with Gasteiger partial charge in [0.2, 0.25) is 3.79 Å². The molecule has 1 aromatic heterocycles. The molecule has 0 fully saturated rings. The van der Waals surface area contributed by atoms with Crippen LogP contribution in [0.1, 0.15) is 5.69 Å². The van der Waals surface area contributed by atoms with E-state index in [2.05, 4.69) is 10.5 Å². The van der Waals surface area contributed by atoms with Crippen LogP contribution in [0.5, 0.6) is 0 Å². The van der Waals surface area contributed by atoms with Crippen molar-refractivity contribution in [2.24, 2.45) is 0 Å². The maximum Gasteiger partial charge on any atom is 0.233 e. The number of hydrogen-bond donors (Lipinski definition) is 0. The molecule has 0 N–H and O–H groups in total. The highest BCUT2D eigenvalue weighted by molar-refractivity contribution is 7.07. The summed E-state index contributed by atoms with van der Waals surface area (Å²) in [6.07, 6.45) is 0. The highest BCUT2D eigenvalue weighted by Gasteiger charge is 2.24. The molecule has 0 saturated carbocycles. The van der Waals surface area contributed by atoms with Gasteiger partial charge in [-0.15, -0.1) is 11.3 Å². The second-order valence-electron chi connectivity index (χ2n) is 1.32. The van der Waals surface area contributed by atoms with E-state index >= 15 is 0 Å². The van der Waals surface area contributed by atoms with Crippen molar-refractivity contribution in [2.75, 3.05) is 0 Å². The van der Waals surface area contributed by atoms with E-state index in [-0.39, 0.29) is 0 Å². The first-order valence-corrected chi connectivity index (χ1v) is 4.01. The Hall–Kier alpha value is 0.500. The van der Waals surface area contributed by atoms with Gasteiger partial charge in [-0.2, -0.15) is 0 Å². The summed E-state index contributed by atoms with van der Waals surface area (Å²) in [5.41, 5.74) is 3.00. The Bertz CT molecular complexity index is 178. The minimum atomic E-state index is -1.39. The lowest BCUT2D eigenvalue weighted by molar-refractivity contribution is 1.12. The quantitative estimate of drug-likeness (QED) is 0.588. The Labute approximate surface area is 71.6 Å². The van der Waals surface area contributed by atoms with E-state index in [9.17, 15) is 0 Å². The van der Waals surface area contributed by atoms with Gasteiger partial charge in [0, 0.05) is 5.38 Å². The molecule has 1 radical (unpaired) electrons. The Morgan fingerprint density at radius 2 is 2.22 bits per heavy atom. The Balaban J connectivity index is 2.90. The van der Waals surface area contributed by atoms with Crippen LogP contribution in [0.3, 0.4) is 0 Å². The summed E-state index contributed by atoms with van der Waals surface area (Å²) in [6.45, 7) is 0. The molecule has 1 nitrogen and oxygen atoms in total. The smallest absolute Gasteiger partial charge is 0.233 e. The average molecular weight is 201 g/mol. The molecule has 0 bridgehead atoms. The van der Waals surface area contributed by atoms with E-state index < -0.39 is 3.79 Å². The number of alkyl halides is 3. The summed E-state index contributed by atoms with van der Waals surface area (Å²) in [4.78, 5) is 3.69. The summed E-state index contributed by atoms with van der Waals surface area (Å²) in [7, 11) is 0. The Kier molecular flexibility index (Phi) is 2.22. The molecule has 0 saturated heterocycles. The van der Waals surface area contributed by atoms with Crippen LogP contribution in [-0.2, 0) is 3.79 Å². The zero-order chi connectivity index (χ0) is 6.91. The molecule has 0 aliphatic heterocycles. The minimum absolute atomic E-state index is 0.428. The Morgan fingerprint density at radius 1 is 1.56 bits per heavy atom. The normalized spacial score (nSPS) is 11.9. The van der Waals surface area contributed by atoms with Gasteiger partial charge in [0.1, 0.15) is 5.69 Å². The molecule has 49 valence electrons. The van der Waals surface area contributed by atoms with Gasteiger partial charge in [0.25, 0.3) is 0 Å². The average Bonchev–Trinajstić information content (AvgIpc) is 2.08. The molecular weight excluding hydrogens is 200 g/mol. The highest BCUT2D eigenvalue weighted by Crippen LogP contribution is 2.37. The molecule has 1 aromatic rings. The summed E-state index contributed by atoms with van der Waals surface area (Å²) >= 11 is 17.6. The topological polar surface area (TPSA) is 12.9 Å². The van der Waals surface area contributed by atoms with Crippen LogP contribution in [0, 0.1) is 5.51 Å². The fourth-order valence-corrected chi connectivity index (χ4v) is 1.34. The monoisotopic (exact) mass is 200 g/mol. The maximum absolute atomic E-state index is 5.45. The lowest BCUT2D eigenvalue weighted by atomic mass is 10.6. The third kappa shape index (κ3) is 1.97. The zero-order valence-corrected chi connectivity index (χ0v) is 7.15.